The van der Waals surface area contributed by atoms with Gasteiger partial charge in [-0.2, -0.15) is 0 Å². The number of likely N-dealkylation sites (N-methyl/N-ethyl adjacent to an activating group) is 1. The van der Waals surface area contributed by atoms with Crippen LogP contribution in [0.3, 0.4) is 0 Å². The van der Waals surface area contributed by atoms with Gasteiger partial charge in [0.05, 0.1) is 18.2 Å². The highest BCUT2D eigenvalue weighted by atomic mass is 28.1. The van der Waals surface area contributed by atoms with Crippen LogP contribution >= 0.6 is 0 Å². The van der Waals surface area contributed by atoms with Crippen LogP contribution in [0.15, 0.2) is 28.7 Å². The summed E-state index contributed by atoms with van der Waals surface area (Å²) in [5, 5.41) is 38.6. The molecule has 10 nitrogen and oxygen atoms in total. The number of aliphatic hydroxyl groups is 2. The first-order valence-corrected chi connectivity index (χ1v) is 17.4. The largest absolute Gasteiger partial charge is 0.508 e. The standard InChI is InChI=1S/C35H45FN3O7Si/c1-16(2)13-34(14-17-5-6-20(34)9-17)38-15-19-12-23(40)25-21(27(19)36)10-18-11-22-28(39(3)4)30(42)26(33(37)44)31(43)35(22,45)32(46-7-8-47)24(18)29(25)41/h12,16-18,20,22,28,38,40,43,45H,5-11,13-15H2,1-4H3,(H2,37,44). The third-order valence-corrected chi connectivity index (χ3v) is 11.6. The number of ether oxygens (including phenoxy) is 1. The summed E-state index contributed by atoms with van der Waals surface area (Å²) in [5.74, 6) is -5.05. The topological polar surface area (TPSA) is 162 Å². The molecule has 7 unspecified atom stereocenters. The molecule has 5 aliphatic rings. The molecular weight excluding hydrogens is 621 g/mol. The van der Waals surface area contributed by atoms with Gasteiger partial charge in [-0.15, -0.1) is 0 Å². The maximum absolute atomic E-state index is 16.5. The monoisotopic (exact) mass is 666 g/mol. The first-order chi connectivity index (χ1) is 22.2. The molecule has 0 spiro atoms. The molecule has 5 aliphatic carbocycles. The van der Waals surface area contributed by atoms with Gasteiger partial charge in [0.2, 0.25) is 0 Å². The minimum Gasteiger partial charge on any atom is -0.508 e. The minimum atomic E-state index is -2.45. The van der Waals surface area contributed by atoms with Crippen LogP contribution in [0.1, 0.15) is 73.9 Å². The van der Waals surface area contributed by atoms with E-state index in [1.165, 1.54) is 23.8 Å². The van der Waals surface area contributed by atoms with Crippen molar-refractivity contribution in [3.8, 4) is 5.75 Å². The van der Waals surface area contributed by atoms with Gasteiger partial charge >= 0.3 is 0 Å². The number of aliphatic hydroxyl groups excluding tert-OH is 1. The lowest BCUT2D eigenvalue weighted by molar-refractivity contribution is -0.137. The third kappa shape index (κ3) is 5.17. The Kier molecular flexibility index (Phi) is 8.72. The molecule has 6 rings (SSSR count). The summed E-state index contributed by atoms with van der Waals surface area (Å²) in [7, 11) is 6.53. The van der Waals surface area contributed by atoms with Crippen molar-refractivity contribution in [2.24, 2.45) is 35.3 Å². The van der Waals surface area contributed by atoms with Gasteiger partial charge in [0.25, 0.3) is 5.91 Å². The van der Waals surface area contributed by atoms with Gasteiger partial charge in [0.1, 0.15) is 28.7 Å². The lowest BCUT2D eigenvalue weighted by Crippen LogP contribution is -2.63. The Bertz CT molecular complexity index is 1590. The van der Waals surface area contributed by atoms with Crippen LogP contribution in [0.4, 0.5) is 4.39 Å². The van der Waals surface area contributed by atoms with Crippen LogP contribution in [0.5, 0.6) is 5.75 Å². The SMILES string of the molecule is CC(C)CC1(NCc2cc(O)c3c(c2F)CC2CC4C(N(C)C)C(=O)C(C(N)=O)=C(O)C4(O)C(OCC[Si])=C2C3=O)CC2CCC1C2. The van der Waals surface area contributed by atoms with Gasteiger partial charge in [0.15, 0.2) is 17.2 Å². The molecular formula is C35H45FN3O7Si. The molecule has 3 radical (unpaired) electrons. The number of halogens is 1. The number of Topliss-reactive ketones (excluding diaryl/α,β-unsaturated/α-hetero) is 2. The number of rotatable bonds is 10. The first-order valence-electron chi connectivity index (χ1n) is 16.7. The Hall–Kier alpha value is -3.06. The summed E-state index contributed by atoms with van der Waals surface area (Å²) in [4.78, 5) is 41.7. The molecule has 253 valence electrons. The van der Waals surface area contributed by atoms with E-state index in [-0.39, 0.29) is 71.3 Å². The third-order valence-electron chi connectivity index (χ3n) is 11.4. The fourth-order valence-corrected chi connectivity index (χ4v) is 9.88. The van der Waals surface area contributed by atoms with Gasteiger partial charge in [-0.25, -0.2) is 4.39 Å². The molecule has 2 saturated carbocycles. The molecule has 0 aliphatic heterocycles. The Morgan fingerprint density at radius 3 is 2.53 bits per heavy atom. The van der Waals surface area contributed by atoms with Crippen molar-refractivity contribution in [2.75, 3.05) is 20.7 Å². The number of allylic oxidation sites excluding steroid dienone is 1. The zero-order chi connectivity index (χ0) is 34.2. The fourth-order valence-electron chi connectivity index (χ4n) is 9.78. The highest BCUT2D eigenvalue weighted by Gasteiger charge is 2.63. The molecule has 2 fully saturated rings. The molecule has 47 heavy (non-hydrogen) atoms. The number of phenolic OH excluding ortho intramolecular Hbond substituents is 1. The fraction of sp³-hybridized carbons (Fsp3) is 0.629. The second-order valence-electron chi connectivity index (χ2n) is 15.0. The first kappa shape index (κ1) is 33.8. The highest BCUT2D eigenvalue weighted by molar-refractivity contribution is 6.22. The summed E-state index contributed by atoms with van der Waals surface area (Å²) < 4.78 is 22.5. The van der Waals surface area contributed by atoms with Crippen LogP contribution in [0.2, 0.25) is 6.04 Å². The number of carbonyl (C=O) groups excluding carboxylic acids is 3. The number of nitrogens with zero attached hydrogens (tertiary/aromatic N) is 1. The Morgan fingerprint density at radius 2 is 1.96 bits per heavy atom. The van der Waals surface area contributed by atoms with Gasteiger partial charge in [-0.05, 0) is 88.4 Å². The summed E-state index contributed by atoms with van der Waals surface area (Å²) in [6.45, 7) is 4.56. The van der Waals surface area contributed by atoms with Crippen LogP contribution in [0.25, 0.3) is 0 Å². The van der Waals surface area contributed by atoms with Crippen molar-refractivity contribution in [2.45, 2.75) is 88.6 Å². The number of ketones is 2. The number of phenols is 1. The second-order valence-corrected chi connectivity index (χ2v) is 15.5. The molecule has 6 N–H and O–H groups in total. The van der Waals surface area contributed by atoms with Gasteiger partial charge in [0, 0.05) is 44.9 Å². The summed E-state index contributed by atoms with van der Waals surface area (Å²) in [6.07, 6.45) is 5.59. The molecule has 2 bridgehead atoms. The number of hydrogen-bond acceptors (Lipinski definition) is 9. The zero-order valence-electron chi connectivity index (χ0n) is 27.5. The van der Waals surface area contributed by atoms with Crippen molar-refractivity contribution in [3.63, 3.8) is 0 Å². The van der Waals surface area contributed by atoms with Crippen molar-refractivity contribution in [3.05, 3.63) is 51.2 Å². The van der Waals surface area contributed by atoms with Crippen LogP contribution in [0, 0.1) is 35.4 Å². The van der Waals surface area contributed by atoms with E-state index in [4.69, 9.17) is 10.5 Å². The number of nitrogens with two attached hydrogens (primary N) is 1. The normalized spacial score (nSPS) is 33.1. The quantitative estimate of drug-likeness (QED) is 0.187. The maximum atomic E-state index is 16.5. The smallest absolute Gasteiger partial charge is 0.255 e. The molecule has 1 amide bonds. The molecule has 12 heteroatoms. The van der Waals surface area contributed by atoms with E-state index in [9.17, 15) is 29.7 Å². The number of nitrogens with one attached hydrogen (secondary N) is 1. The molecule has 0 heterocycles. The van der Waals surface area contributed by atoms with E-state index >= 15 is 4.39 Å². The predicted molar refractivity (Wildman–Crippen MR) is 172 cm³/mol. The van der Waals surface area contributed by atoms with E-state index in [1.807, 2.05) is 0 Å². The van der Waals surface area contributed by atoms with E-state index < -0.39 is 58.1 Å². The number of fused-ring (bicyclic) bond motifs is 5. The Morgan fingerprint density at radius 1 is 1.23 bits per heavy atom. The van der Waals surface area contributed by atoms with E-state index in [2.05, 4.69) is 29.4 Å². The molecule has 1 aromatic rings. The van der Waals surface area contributed by atoms with Crippen LogP contribution in [-0.2, 0) is 27.3 Å². The van der Waals surface area contributed by atoms with Gasteiger partial charge < -0.3 is 31.1 Å². The summed E-state index contributed by atoms with van der Waals surface area (Å²) >= 11 is 0. The number of benzene rings is 1. The average molecular weight is 667 g/mol. The van der Waals surface area contributed by atoms with Crippen molar-refractivity contribution < 1.29 is 38.8 Å². The van der Waals surface area contributed by atoms with E-state index in [0.29, 0.717) is 17.8 Å². The molecule has 0 saturated heterocycles. The lowest BCUT2D eigenvalue weighted by atomic mass is 9.59. The number of carbonyl (C=O) groups is 3. The van der Waals surface area contributed by atoms with E-state index in [0.717, 1.165) is 19.3 Å². The van der Waals surface area contributed by atoms with Crippen molar-refractivity contribution >= 4 is 27.7 Å². The number of hydrogen-bond donors (Lipinski definition) is 5. The molecule has 7 atom stereocenters. The lowest BCUT2D eigenvalue weighted by Gasteiger charge is -2.51. The molecule has 1 aromatic carbocycles. The summed E-state index contributed by atoms with van der Waals surface area (Å²) in [6, 6.07) is 0.483. The van der Waals surface area contributed by atoms with Crippen molar-refractivity contribution in [1.82, 2.24) is 10.2 Å². The number of primary amides is 1. The molecule has 0 aromatic heterocycles. The van der Waals surface area contributed by atoms with E-state index in [1.54, 1.807) is 14.1 Å². The Labute approximate surface area is 278 Å². The number of amides is 1. The number of aromatic hydroxyl groups is 1. The Balaban J connectivity index is 1.44. The maximum Gasteiger partial charge on any atom is 0.255 e. The average Bonchev–Trinajstić information content (AvgIpc) is 3.59. The predicted octanol–water partition coefficient (Wildman–Crippen LogP) is 3.00. The zero-order valence-corrected chi connectivity index (χ0v) is 28.5. The second kappa shape index (κ2) is 12.1. The van der Waals surface area contributed by atoms with Crippen LogP contribution < -0.4 is 11.1 Å². The van der Waals surface area contributed by atoms with Crippen LogP contribution in [-0.4, -0.2) is 85.8 Å². The van der Waals surface area contributed by atoms with Gasteiger partial charge in [-0.1, -0.05) is 20.3 Å². The van der Waals surface area contributed by atoms with Crippen molar-refractivity contribution in [1.29, 1.82) is 0 Å². The minimum absolute atomic E-state index is 0.000281. The summed E-state index contributed by atoms with van der Waals surface area (Å²) in [5.41, 5.74) is 2.31. The van der Waals surface area contributed by atoms with Gasteiger partial charge in [-0.3, -0.25) is 19.3 Å². The highest BCUT2D eigenvalue weighted by Crippen LogP contribution is 2.55.